The Morgan fingerprint density at radius 3 is 2.38 bits per heavy atom. The van der Waals surface area contributed by atoms with Crippen LogP contribution in [0.5, 0.6) is 5.75 Å². The van der Waals surface area contributed by atoms with Crippen LogP contribution in [0.2, 0.25) is 0 Å². The molecule has 2 atom stereocenters. The van der Waals surface area contributed by atoms with Gasteiger partial charge in [-0.15, -0.1) is 13.2 Å². The van der Waals surface area contributed by atoms with Gasteiger partial charge < -0.3 is 15.6 Å². The zero-order chi connectivity index (χ0) is 16.2. The van der Waals surface area contributed by atoms with Crippen molar-refractivity contribution < 1.29 is 27.4 Å². The molecule has 0 saturated heterocycles. The van der Waals surface area contributed by atoms with E-state index in [-0.39, 0.29) is 5.56 Å². The number of halogens is 4. The summed E-state index contributed by atoms with van der Waals surface area (Å²) in [7, 11) is 0. The smallest absolute Gasteiger partial charge is 0.406 e. The maximum atomic E-state index is 13.7. The zero-order valence-corrected chi connectivity index (χ0v) is 11.8. The third kappa shape index (κ3) is 5.89. The van der Waals surface area contributed by atoms with E-state index in [2.05, 4.69) is 4.74 Å². The number of aliphatic hydroxyl groups excluding tert-OH is 1. The van der Waals surface area contributed by atoms with E-state index in [1.807, 2.05) is 13.8 Å². The highest BCUT2D eigenvalue weighted by Gasteiger charge is 2.32. The molecule has 0 amide bonds. The molecular weight excluding hydrogens is 290 g/mol. The van der Waals surface area contributed by atoms with Gasteiger partial charge in [-0.3, -0.25) is 0 Å². The summed E-state index contributed by atoms with van der Waals surface area (Å²) in [6, 6.07) is 1.46. The Kier molecular flexibility index (Phi) is 5.98. The van der Waals surface area contributed by atoms with Gasteiger partial charge in [0.2, 0.25) is 0 Å². The Morgan fingerprint density at radius 2 is 1.86 bits per heavy atom. The lowest BCUT2D eigenvalue weighted by atomic mass is 9.95. The minimum atomic E-state index is -4.87. The van der Waals surface area contributed by atoms with E-state index in [9.17, 15) is 22.7 Å². The van der Waals surface area contributed by atoms with Crippen molar-refractivity contribution in [1.82, 2.24) is 0 Å². The van der Waals surface area contributed by atoms with Gasteiger partial charge in [0.15, 0.2) is 0 Å². The lowest BCUT2D eigenvalue weighted by Gasteiger charge is -2.21. The molecule has 3 nitrogen and oxygen atoms in total. The van der Waals surface area contributed by atoms with Crippen LogP contribution in [-0.2, 0) is 0 Å². The van der Waals surface area contributed by atoms with E-state index in [1.54, 1.807) is 0 Å². The van der Waals surface area contributed by atoms with Crippen molar-refractivity contribution >= 4 is 0 Å². The first-order valence-corrected chi connectivity index (χ1v) is 6.59. The number of ether oxygens (including phenoxy) is 1. The summed E-state index contributed by atoms with van der Waals surface area (Å²) in [5.74, 6) is -1.01. The van der Waals surface area contributed by atoms with Crippen LogP contribution in [0.15, 0.2) is 18.2 Å². The third-order valence-electron chi connectivity index (χ3n) is 3.01. The topological polar surface area (TPSA) is 55.5 Å². The Balaban J connectivity index is 2.87. The number of hydrogen-bond donors (Lipinski definition) is 2. The fraction of sp³-hybridized carbons (Fsp3) is 0.571. The first kappa shape index (κ1) is 17.7. The predicted octanol–water partition coefficient (Wildman–Crippen LogP) is 3.52. The van der Waals surface area contributed by atoms with Gasteiger partial charge in [-0.2, -0.15) is 0 Å². The molecule has 1 aromatic carbocycles. The third-order valence-corrected chi connectivity index (χ3v) is 3.01. The molecule has 1 rings (SSSR count). The first-order chi connectivity index (χ1) is 9.60. The number of nitrogens with two attached hydrogens (primary N) is 1. The molecule has 0 aliphatic rings. The van der Waals surface area contributed by atoms with Gasteiger partial charge in [-0.25, -0.2) is 4.39 Å². The van der Waals surface area contributed by atoms with Crippen LogP contribution < -0.4 is 10.5 Å². The van der Waals surface area contributed by atoms with Crippen molar-refractivity contribution in [2.45, 2.75) is 45.2 Å². The van der Waals surface area contributed by atoms with Gasteiger partial charge >= 0.3 is 6.36 Å². The molecule has 0 unspecified atom stereocenters. The van der Waals surface area contributed by atoms with Crippen LogP contribution in [0.25, 0.3) is 0 Å². The molecular formula is C14H19F4NO2. The van der Waals surface area contributed by atoms with E-state index in [1.165, 1.54) is 0 Å². The summed E-state index contributed by atoms with van der Waals surface area (Å²) in [5.41, 5.74) is 5.53. The molecule has 7 heteroatoms. The molecule has 120 valence electrons. The van der Waals surface area contributed by atoms with Crippen molar-refractivity contribution in [2.24, 2.45) is 11.7 Å². The summed E-state index contributed by atoms with van der Waals surface area (Å²) >= 11 is 0. The second-order valence-electron chi connectivity index (χ2n) is 5.30. The molecule has 0 aliphatic heterocycles. The minimum Gasteiger partial charge on any atom is -0.406 e. The molecule has 0 fully saturated rings. The molecule has 0 aliphatic carbocycles. The number of benzene rings is 1. The zero-order valence-electron chi connectivity index (χ0n) is 11.8. The van der Waals surface area contributed by atoms with Crippen LogP contribution in [-0.4, -0.2) is 17.6 Å². The van der Waals surface area contributed by atoms with E-state index in [0.717, 1.165) is 18.2 Å². The summed E-state index contributed by atoms with van der Waals surface area (Å²) in [4.78, 5) is 0. The molecule has 0 heterocycles. The lowest BCUT2D eigenvalue weighted by molar-refractivity contribution is -0.274. The predicted molar refractivity (Wildman–Crippen MR) is 70.1 cm³/mol. The molecule has 0 radical (unpaired) electrons. The van der Waals surface area contributed by atoms with Crippen molar-refractivity contribution in [3.05, 3.63) is 29.6 Å². The quantitative estimate of drug-likeness (QED) is 0.791. The van der Waals surface area contributed by atoms with Crippen molar-refractivity contribution in [3.8, 4) is 5.75 Å². The van der Waals surface area contributed by atoms with E-state index in [4.69, 9.17) is 5.73 Å². The second kappa shape index (κ2) is 7.09. The number of rotatable bonds is 6. The van der Waals surface area contributed by atoms with Crippen LogP contribution in [0.3, 0.4) is 0 Å². The monoisotopic (exact) mass is 309 g/mol. The normalized spacial score (nSPS) is 15.1. The molecule has 3 N–H and O–H groups in total. The Hall–Kier alpha value is -1.34. The summed E-state index contributed by atoms with van der Waals surface area (Å²) in [5, 5.41) is 9.91. The lowest BCUT2D eigenvalue weighted by Crippen LogP contribution is -2.27. The summed E-state index contributed by atoms with van der Waals surface area (Å²) < 4.78 is 53.8. The van der Waals surface area contributed by atoms with Gasteiger partial charge in [0, 0.05) is 5.56 Å². The molecule has 0 spiro atoms. The van der Waals surface area contributed by atoms with Crippen molar-refractivity contribution in [3.63, 3.8) is 0 Å². The fourth-order valence-corrected chi connectivity index (χ4v) is 1.87. The largest absolute Gasteiger partial charge is 0.573 e. The average molecular weight is 309 g/mol. The SMILES string of the molecule is CC(C)CC[C@H](O)[C@H](N)c1cc(OC(F)(F)F)ccc1F. The van der Waals surface area contributed by atoms with Gasteiger partial charge in [-0.05, 0) is 37.0 Å². The highest BCUT2D eigenvalue weighted by Crippen LogP contribution is 2.28. The molecule has 0 bridgehead atoms. The van der Waals surface area contributed by atoms with Gasteiger partial charge in [0.05, 0.1) is 12.1 Å². The highest BCUT2D eigenvalue weighted by atomic mass is 19.4. The fourth-order valence-electron chi connectivity index (χ4n) is 1.87. The van der Waals surface area contributed by atoms with E-state index < -0.39 is 30.1 Å². The molecule has 21 heavy (non-hydrogen) atoms. The summed E-state index contributed by atoms with van der Waals surface area (Å²) in [6.45, 7) is 3.91. The van der Waals surface area contributed by atoms with Gasteiger partial charge in [0.25, 0.3) is 0 Å². The maximum absolute atomic E-state index is 13.7. The standard InChI is InChI=1S/C14H19F4NO2/c1-8(2)3-6-12(20)13(19)10-7-9(4-5-11(10)15)21-14(16,17)18/h4-5,7-8,12-13,20H,3,6,19H2,1-2H3/t12-,13+/m0/s1. The van der Waals surface area contributed by atoms with E-state index in [0.29, 0.717) is 18.8 Å². The Labute approximate surface area is 120 Å². The van der Waals surface area contributed by atoms with Crippen molar-refractivity contribution in [1.29, 1.82) is 0 Å². The maximum Gasteiger partial charge on any atom is 0.573 e. The summed E-state index contributed by atoms with van der Waals surface area (Å²) in [6.07, 6.45) is -4.89. The van der Waals surface area contributed by atoms with Gasteiger partial charge in [-0.1, -0.05) is 13.8 Å². The molecule has 0 saturated carbocycles. The number of aliphatic hydroxyl groups is 1. The van der Waals surface area contributed by atoms with Crippen LogP contribution in [0, 0.1) is 11.7 Å². The van der Waals surface area contributed by atoms with Crippen LogP contribution >= 0.6 is 0 Å². The molecule has 1 aromatic rings. The second-order valence-corrected chi connectivity index (χ2v) is 5.30. The number of alkyl halides is 3. The van der Waals surface area contributed by atoms with Crippen LogP contribution in [0.1, 0.15) is 38.3 Å². The van der Waals surface area contributed by atoms with Crippen LogP contribution in [0.4, 0.5) is 17.6 Å². The highest BCUT2D eigenvalue weighted by molar-refractivity contribution is 5.32. The Bertz CT molecular complexity index is 463. The van der Waals surface area contributed by atoms with Crippen molar-refractivity contribution in [2.75, 3.05) is 0 Å². The number of hydrogen-bond acceptors (Lipinski definition) is 3. The van der Waals surface area contributed by atoms with Gasteiger partial charge in [0.1, 0.15) is 11.6 Å². The molecule has 0 aromatic heterocycles. The van der Waals surface area contributed by atoms with E-state index >= 15 is 0 Å². The average Bonchev–Trinajstić information content (AvgIpc) is 2.35. The minimum absolute atomic E-state index is 0.201. The first-order valence-electron chi connectivity index (χ1n) is 6.59. The Morgan fingerprint density at radius 1 is 1.24 bits per heavy atom.